The van der Waals surface area contributed by atoms with Crippen molar-refractivity contribution >= 4 is 66.2 Å². The van der Waals surface area contributed by atoms with Gasteiger partial charge >= 0.3 is 0 Å². The van der Waals surface area contributed by atoms with E-state index in [-0.39, 0.29) is 0 Å². The smallest absolute Gasteiger partial charge is 0.157 e. The maximum Gasteiger partial charge on any atom is 0.157 e. The van der Waals surface area contributed by atoms with Crippen LogP contribution in [0, 0.1) is 0 Å². The van der Waals surface area contributed by atoms with Gasteiger partial charge in [0.25, 0.3) is 0 Å². The Morgan fingerprint density at radius 2 is 0.934 bits per heavy atom. The predicted molar refractivity (Wildman–Crippen MR) is 257 cm³/mol. The van der Waals surface area contributed by atoms with Gasteiger partial charge in [-0.15, -0.1) is 0 Å². The van der Waals surface area contributed by atoms with E-state index in [0.717, 1.165) is 55.8 Å². The Morgan fingerprint density at radius 1 is 0.443 bits per heavy atom. The molecule has 0 aliphatic rings. The summed E-state index contributed by atoms with van der Waals surface area (Å²) < 4.78 is 7.08. The molecule has 0 radical (unpaired) electrons. The number of nitrogens with zero attached hydrogens (tertiary/aromatic N) is 5. The Morgan fingerprint density at radius 3 is 1.52 bits per heavy atom. The van der Waals surface area contributed by atoms with Gasteiger partial charge in [0.15, 0.2) is 5.84 Å². The molecule has 0 aliphatic carbocycles. The summed E-state index contributed by atoms with van der Waals surface area (Å²) in [5, 5.41) is 6.00. The third-order valence-electron chi connectivity index (χ3n) is 11.3. The van der Waals surface area contributed by atoms with Crippen LogP contribution in [-0.2, 0) is 6.54 Å². The Balaban J connectivity index is 0.00000220. The first kappa shape index (κ1) is 37.3. The molecule has 3 heterocycles. The Bertz CT molecular complexity index is 3350. The number of rotatable bonds is 7. The third kappa shape index (κ3) is 6.74. The molecule has 294 valence electrons. The molecule has 0 spiro atoms. The fourth-order valence-electron chi connectivity index (χ4n) is 8.63. The maximum atomic E-state index is 6.63. The van der Waals surface area contributed by atoms with Crippen LogP contribution in [0.1, 0.15) is 30.5 Å². The van der Waals surface area contributed by atoms with Crippen molar-refractivity contribution in [3.8, 4) is 17.1 Å². The van der Waals surface area contributed by atoms with Gasteiger partial charge in [-0.25, -0.2) is 4.99 Å². The molecule has 0 bridgehead atoms. The molecule has 2 N–H and O–H groups in total. The lowest BCUT2D eigenvalue weighted by Gasteiger charge is -2.15. The van der Waals surface area contributed by atoms with Crippen LogP contribution >= 0.6 is 0 Å². The van der Waals surface area contributed by atoms with Crippen molar-refractivity contribution in [2.75, 3.05) is 0 Å². The average Bonchev–Trinajstić information content (AvgIpc) is 4.01. The first-order valence-corrected chi connectivity index (χ1v) is 20.9. The van der Waals surface area contributed by atoms with E-state index in [1.807, 2.05) is 74.5 Å². The van der Waals surface area contributed by atoms with Gasteiger partial charge in [-0.3, -0.25) is 4.99 Å². The summed E-state index contributed by atoms with van der Waals surface area (Å²) in [5.74, 6) is 1.00. The van der Waals surface area contributed by atoms with Gasteiger partial charge in [0, 0.05) is 61.3 Å². The molecule has 6 heteroatoms. The minimum atomic E-state index is 0.384. The van der Waals surface area contributed by atoms with Crippen LogP contribution in [0.5, 0.6) is 0 Å². The van der Waals surface area contributed by atoms with Crippen molar-refractivity contribution in [1.82, 2.24) is 13.7 Å². The molecule has 0 saturated heterocycles. The van der Waals surface area contributed by atoms with Crippen molar-refractivity contribution < 1.29 is 0 Å². The van der Waals surface area contributed by atoms with Crippen molar-refractivity contribution in [3.05, 3.63) is 223 Å². The molecule has 11 rings (SSSR count). The third-order valence-corrected chi connectivity index (χ3v) is 11.3. The summed E-state index contributed by atoms with van der Waals surface area (Å²) in [7, 11) is 0. The number of fused-ring (bicyclic) bond motifs is 7. The van der Waals surface area contributed by atoms with E-state index in [1.165, 1.54) is 32.4 Å². The summed E-state index contributed by atoms with van der Waals surface area (Å²) in [6.45, 7) is 4.38. The van der Waals surface area contributed by atoms with Gasteiger partial charge in [-0.05, 0) is 72.3 Å². The minimum Gasteiger partial charge on any atom is -0.383 e. The highest BCUT2D eigenvalue weighted by Crippen LogP contribution is 2.38. The Kier molecular flexibility index (Phi) is 9.79. The zero-order chi connectivity index (χ0) is 41.3. The number of amidine groups is 2. The SMILES string of the molecule is CC.NC(=NC(=NCc1cc(-n2c3ccccc3c3ccccc32)cc(-n2c3ccccc3c3cc4c(ccn4-c4ccccc4)cc32)c1)c1ccccc1)c1ccccc1. The number of nitrogens with two attached hydrogens (primary N) is 1. The van der Waals surface area contributed by atoms with Crippen molar-refractivity contribution in [3.63, 3.8) is 0 Å². The standard InChI is InChI=1S/C53H38N6.C2H6/c54-52(37-16-4-1-5-17-37)56-53(38-18-6-2-7-19-38)55-35-36-30-41(58-47-25-13-10-22-43(47)44-23-11-14-26-48(44)58)33-42(31-36)59-49-27-15-12-24-45(49)46-34-50-39(32-51(46)59)28-29-57(50)40-20-8-3-9-21-40;1-2/h1-34H,35H2,(H2,54,55,56);1-2H3. The van der Waals surface area contributed by atoms with Crippen molar-refractivity contribution in [2.24, 2.45) is 15.7 Å². The second-order valence-electron chi connectivity index (χ2n) is 14.9. The van der Waals surface area contributed by atoms with Crippen LogP contribution in [0.4, 0.5) is 0 Å². The molecule has 6 nitrogen and oxygen atoms in total. The highest BCUT2D eigenvalue weighted by molar-refractivity contribution is 6.14. The molecule has 8 aromatic carbocycles. The molecule has 0 fully saturated rings. The van der Waals surface area contributed by atoms with Crippen molar-refractivity contribution in [2.45, 2.75) is 20.4 Å². The number of para-hydroxylation sites is 4. The second-order valence-corrected chi connectivity index (χ2v) is 14.9. The number of benzene rings is 8. The Labute approximate surface area is 354 Å². The van der Waals surface area contributed by atoms with E-state index >= 15 is 0 Å². The van der Waals surface area contributed by atoms with E-state index < -0.39 is 0 Å². The number of aromatic nitrogens is 3. The molecule has 0 aliphatic heterocycles. The lowest BCUT2D eigenvalue weighted by molar-refractivity contribution is 1.03. The molecule has 0 saturated carbocycles. The number of hydrogen-bond donors (Lipinski definition) is 1. The van der Waals surface area contributed by atoms with Crippen LogP contribution in [-0.4, -0.2) is 25.4 Å². The number of hydrogen-bond acceptors (Lipinski definition) is 1. The summed E-state index contributed by atoms with van der Waals surface area (Å²) in [6, 6.07) is 70.3. The largest absolute Gasteiger partial charge is 0.383 e. The minimum absolute atomic E-state index is 0.384. The Hall–Kier alpha value is -7.96. The average molecular weight is 789 g/mol. The highest BCUT2D eigenvalue weighted by atomic mass is 15.0. The first-order chi connectivity index (χ1) is 30.2. The summed E-state index contributed by atoms with van der Waals surface area (Å²) in [4.78, 5) is 10.1. The lowest BCUT2D eigenvalue weighted by Crippen LogP contribution is -2.16. The molecule has 0 atom stereocenters. The van der Waals surface area contributed by atoms with Gasteiger partial charge in [-0.1, -0.05) is 147 Å². The maximum absolute atomic E-state index is 6.63. The van der Waals surface area contributed by atoms with E-state index in [1.54, 1.807) is 0 Å². The van der Waals surface area contributed by atoms with E-state index in [0.29, 0.717) is 18.2 Å². The summed E-state index contributed by atoms with van der Waals surface area (Å²) >= 11 is 0. The quantitative estimate of drug-likeness (QED) is 0.127. The van der Waals surface area contributed by atoms with Gasteiger partial charge in [-0.2, -0.15) is 0 Å². The normalized spacial score (nSPS) is 12.1. The van der Waals surface area contributed by atoms with Crippen LogP contribution in [0.15, 0.2) is 216 Å². The molecule has 0 amide bonds. The molecular formula is C55H44N6. The molecule has 0 unspecified atom stereocenters. The zero-order valence-corrected chi connectivity index (χ0v) is 34.2. The van der Waals surface area contributed by atoms with Crippen LogP contribution in [0.25, 0.3) is 71.6 Å². The first-order valence-electron chi connectivity index (χ1n) is 20.9. The lowest BCUT2D eigenvalue weighted by atomic mass is 10.1. The topological polar surface area (TPSA) is 65.5 Å². The van der Waals surface area contributed by atoms with Gasteiger partial charge in [0.1, 0.15) is 5.84 Å². The fourth-order valence-corrected chi connectivity index (χ4v) is 8.63. The van der Waals surface area contributed by atoms with Gasteiger partial charge in [0.2, 0.25) is 0 Å². The fraction of sp³-hybridized carbons (Fsp3) is 0.0545. The van der Waals surface area contributed by atoms with E-state index in [9.17, 15) is 0 Å². The monoisotopic (exact) mass is 788 g/mol. The van der Waals surface area contributed by atoms with Crippen LogP contribution in [0.2, 0.25) is 0 Å². The molecule has 61 heavy (non-hydrogen) atoms. The zero-order valence-electron chi connectivity index (χ0n) is 34.2. The van der Waals surface area contributed by atoms with Gasteiger partial charge < -0.3 is 19.4 Å². The molecule has 3 aromatic heterocycles. The summed E-state index contributed by atoms with van der Waals surface area (Å²) in [6.07, 6.45) is 2.17. The summed E-state index contributed by atoms with van der Waals surface area (Å²) in [5.41, 5.74) is 18.4. The van der Waals surface area contributed by atoms with Crippen LogP contribution in [0.3, 0.4) is 0 Å². The predicted octanol–water partition coefficient (Wildman–Crippen LogP) is 13.2. The van der Waals surface area contributed by atoms with E-state index in [4.69, 9.17) is 15.7 Å². The van der Waals surface area contributed by atoms with Gasteiger partial charge in [0.05, 0.1) is 34.1 Å². The molecule has 11 aromatic rings. The highest BCUT2D eigenvalue weighted by Gasteiger charge is 2.18. The van der Waals surface area contributed by atoms with Crippen LogP contribution < -0.4 is 5.73 Å². The number of aliphatic imine (C=N–C) groups is 2. The van der Waals surface area contributed by atoms with E-state index in [2.05, 4.69) is 159 Å². The molecular weight excluding hydrogens is 745 g/mol. The van der Waals surface area contributed by atoms with Crippen molar-refractivity contribution in [1.29, 1.82) is 0 Å². The second kappa shape index (κ2) is 16.0.